The number of carbonyl (C=O) groups is 1. The van der Waals surface area contributed by atoms with Crippen molar-refractivity contribution in [1.29, 1.82) is 0 Å². The fraction of sp³-hybridized carbons (Fsp3) is 0.632. The van der Waals surface area contributed by atoms with E-state index in [0.29, 0.717) is 5.92 Å². The lowest BCUT2D eigenvalue weighted by Crippen LogP contribution is -2.53. The number of nitrogens with one attached hydrogen (secondary N) is 2. The number of amides is 2. The zero-order valence-corrected chi connectivity index (χ0v) is 14.8. The Morgan fingerprint density at radius 1 is 1.33 bits per heavy atom. The number of urea groups is 1. The van der Waals surface area contributed by atoms with Gasteiger partial charge in [-0.2, -0.15) is 0 Å². The molecule has 2 N–H and O–H groups in total. The van der Waals surface area contributed by atoms with Gasteiger partial charge in [-0.25, -0.2) is 4.79 Å². The van der Waals surface area contributed by atoms with Gasteiger partial charge in [0.25, 0.3) is 0 Å². The van der Waals surface area contributed by atoms with Crippen molar-refractivity contribution in [2.45, 2.75) is 38.3 Å². The average Bonchev–Trinajstić information content (AvgIpc) is 2.97. The molecule has 1 aromatic rings. The molecule has 1 fully saturated rings. The lowest BCUT2D eigenvalue weighted by Gasteiger charge is -2.33. The van der Waals surface area contributed by atoms with Crippen LogP contribution in [0.25, 0.3) is 0 Å². The summed E-state index contributed by atoms with van der Waals surface area (Å²) in [6.45, 7) is 5.29. The maximum Gasteiger partial charge on any atom is 0.315 e. The highest BCUT2D eigenvalue weighted by molar-refractivity contribution is 5.74. The Labute approximate surface area is 144 Å². The van der Waals surface area contributed by atoms with E-state index in [9.17, 15) is 4.79 Å². The molecule has 1 heterocycles. The minimum atomic E-state index is -0.0881. The van der Waals surface area contributed by atoms with Gasteiger partial charge in [0.2, 0.25) is 0 Å². The van der Waals surface area contributed by atoms with E-state index in [2.05, 4.69) is 46.8 Å². The van der Waals surface area contributed by atoms with E-state index in [1.54, 1.807) is 0 Å². The number of likely N-dealkylation sites (N-methyl/N-ethyl adjacent to an activating group) is 1. The number of fused-ring (bicyclic) bond motifs is 1. The molecule has 1 saturated heterocycles. The van der Waals surface area contributed by atoms with Crippen LogP contribution >= 0.6 is 0 Å². The number of nitrogens with zero attached hydrogens (tertiary/aromatic N) is 1. The predicted octanol–water partition coefficient (Wildman–Crippen LogP) is 1.81. The van der Waals surface area contributed by atoms with E-state index in [1.807, 2.05) is 6.92 Å². The third-order valence-electron chi connectivity index (χ3n) is 5.19. The molecule has 2 unspecified atom stereocenters. The van der Waals surface area contributed by atoms with Crippen molar-refractivity contribution in [1.82, 2.24) is 15.5 Å². The van der Waals surface area contributed by atoms with Crippen LogP contribution in [-0.4, -0.2) is 56.4 Å². The third kappa shape index (κ3) is 4.48. The Hall–Kier alpha value is -1.59. The molecule has 0 spiro atoms. The van der Waals surface area contributed by atoms with E-state index in [-0.39, 0.29) is 18.2 Å². The van der Waals surface area contributed by atoms with Crippen LogP contribution in [-0.2, 0) is 17.6 Å². The summed E-state index contributed by atoms with van der Waals surface area (Å²) in [4.78, 5) is 14.3. The van der Waals surface area contributed by atoms with E-state index < -0.39 is 0 Å². The molecule has 0 bridgehead atoms. The summed E-state index contributed by atoms with van der Waals surface area (Å²) in [6.07, 6.45) is 3.37. The molecule has 1 aliphatic heterocycles. The Bertz CT molecular complexity index is 538. The van der Waals surface area contributed by atoms with Gasteiger partial charge >= 0.3 is 6.03 Å². The van der Waals surface area contributed by atoms with Crippen LogP contribution in [0, 0.1) is 5.92 Å². The van der Waals surface area contributed by atoms with Gasteiger partial charge < -0.3 is 20.3 Å². The topological polar surface area (TPSA) is 53.6 Å². The van der Waals surface area contributed by atoms with Gasteiger partial charge in [0.1, 0.15) is 0 Å². The highest BCUT2D eigenvalue weighted by atomic mass is 16.5. The summed E-state index contributed by atoms with van der Waals surface area (Å²) < 4.78 is 5.75. The standard InChI is InChI=1S/C19H29N3O2/c1-14(18-13-22(2)9-10-24-18)21-19(23)20-8-7-15-11-16-5-3-4-6-17(16)12-15/h3-6,14-15,18H,7-13H2,1-2H3,(H2,20,21,23). The largest absolute Gasteiger partial charge is 0.373 e. The van der Waals surface area contributed by atoms with E-state index in [4.69, 9.17) is 4.74 Å². The number of morpholine rings is 1. The van der Waals surface area contributed by atoms with Gasteiger partial charge in [0, 0.05) is 19.6 Å². The fourth-order valence-corrected chi connectivity index (χ4v) is 3.71. The number of carbonyl (C=O) groups excluding carboxylic acids is 1. The molecule has 5 heteroatoms. The molecule has 1 aliphatic carbocycles. The number of hydrogen-bond acceptors (Lipinski definition) is 3. The van der Waals surface area contributed by atoms with Crippen molar-refractivity contribution in [2.24, 2.45) is 5.92 Å². The van der Waals surface area contributed by atoms with Crippen molar-refractivity contribution in [3.05, 3.63) is 35.4 Å². The molecule has 132 valence electrons. The van der Waals surface area contributed by atoms with Crippen molar-refractivity contribution in [2.75, 3.05) is 33.3 Å². The molecule has 0 aromatic heterocycles. The summed E-state index contributed by atoms with van der Waals surface area (Å²) in [5, 5.41) is 6.01. The highest BCUT2D eigenvalue weighted by Crippen LogP contribution is 2.28. The molecule has 1 aromatic carbocycles. The smallest absolute Gasteiger partial charge is 0.315 e. The normalized spacial score (nSPS) is 22.8. The van der Waals surface area contributed by atoms with Crippen LogP contribution < -0.4 is 10.6 Å². The summed E-state index contributed by atoms with van der Waals surface area (Å²) >= 11 is 0. The molecular formula is C19H29N3O2. The van der Waals surface area contributed by atoms with Gasteiger partial charge in [-0.3, -0.25) is 0 Å². The molecule has 5 nitrogen and oxygen atoms in total. The van der Waals surface area contributed by atoms with Crippen molar-refractivity contribution < 1.29 is 9.53 Å². The molecule has 0 saturated carbocycles. The van der Waals surface area contributed by atoms with Crippen molar-refractivity contribution in [3.8, 4) is 0 Å². The van der Waals surface area contributed by atoms with Gasteiger partial charge in [-0.1, -0.05) is 24.3 Å². The fourth-order valence-electron chi connectivity index (χ4n) is 3.71. The summed E-state index contributed by atoms with van der Waals surface area (Å²) in [5.74, 6) is 0.649. The van der Waals surface area contributed by atoms with Crippen LogP contribution in [0.3, 0.4) is 0 Å². The van der Waals surface area contributed by atoms with E-state index in [1.165, 1.54) is 11.1 Å². The summed E-state index contributed by atoms with van der Waals surface area (Å²) in [6, 6.07) is 8.59. The summed E-state index contributed by atoms with van der Waals surface area (Å²) in [7, 11) is 2.09. The number of rotatable bonds is 5. The molecule has 3 rings (SSSR count). The molecule has 24 heavy (non-hydrogen) atoms. The van der Waals surface area contributed by atoms with Crippen LogP contribution in [0.1, 0.15) is 24.5 Å². The first-order valence-corrected chi connectivity index (χ1v) is 9.03. The maximum absolute atomic E-state index is 12.1. The highest BCUT2D eigenvalue weighted by Gasteiger charge is 2.25. The lowest BCUT2D eigenvalue weighted by atomic mass is 10.0. The number of benzene rings is 1. The second-order valence-electron chi connectivity index (χ2n) is 7.19. The van der Waals surface area contributed by atoms with Crippen molar-refractivity contribution in [3.63, 3.8) is 0 Å². The average molecular weight is 331 g/mol. The van der Waals surface area contributed by atoms with E-state index in [0.717, 1.165) is 45.5 Å². The SMILES string of the molecule is CC(NC(=O)NCCC1Cc2ccccc2C1)C1CN(C)CCO1. The Balaban J connectivity index is 1.34. The second kappa shape index (κ2) is 7.99. The monoisotopic (exact) mass is 331 g/mol. The first kappa shape index (κ1) is 17.2. The van der Waals surface area contributed by atoms with Gasteiger partial charge in [0.15, 0.2) is 0 Å². The van der Waals surface area contributed by atoms with Crippen LogP contribution in [0.2, 0.25) is 0 Å². The van der Waals surface area contributed by atoms with Crippen LogP contribution in [0.15, 0.2) is 24.3 Å². The first-order chi connectivity index (χ1) is 11.6. The molecule has 2 aliphatic rings. The van der Waals surface area contributed by atoms with Gasteiger partial charge in [-0.05, 0) is 50.3 Å². The Morgan fingerprint density at radius 3 is 2.71 bits per heavy atom. The number of hydrogen-bond donors (Lipinski definition) is 2. The lowest BCUT2D eigenvalue weighted by molar-refractivity contribution is -0.0333. The molecule has 2 atom stereocenters. The van der Waals surface area contributed by atoms with Crippen molar-refractivity contribution >= 4 is 6.03 Å². The molecule has 0 radical (unpaired) electrons. The van der Waals surface area contributed by atoms with Crippen LogP contribution in [0.5, 0.6) is 0 Å². The quantitative estimate of drug-likeness (QED) is 0.865. The Morgan fingerprint density at radius 2 is 2.04 bits per heavy atom. The van der Waals surface area contributed by atoms with Crippen LogP contribution in [0.4, 0.5) is 4.79 Å². The maximum atomic E-state index is 12.1. The zero-order valence-electron chi connectivity index (χ0n) is 14.8. The Kier molecular flexibility index (Phi) is 5.74. The molecular weight excluding hydrogens is 302 g/mol. The van der Waals surface area contributed by atoms with Gasteiger partial charge in [0.05, 0.1) is 18.8 Å². The minimum Gasteiger partial charge on any atom is -0.373 e. The predicted molar refractivity (Wildman–Crippen MR) is 95.2 cm³/mol. The van der Waals surface area contributed by atoms with Gasteiger partial charge in [-0.15, -0.1) is 0 Å². The third-order valence-corrected chi connectivity index (χ3v) is 5.19. The number of ether oxygens (including phenoxy) is 1. The molecule has 2 amide bonds. The second-order valence-corrected chi connectivity index (χ2v) is 7.19. The minimum absolute atomic E-state index is 0.0171. The zero-order chi connectivity index (χ0) is 16.9. The van der Waals surface area contributed by atoms with E-state index >= 15 is 0 Å². The summed E-state index contributed by atoms with van der Waals surface area (Å²) in [5.41, 5.74) is 2.94. The first-order valence-electron chi connectivity index (χ1n) is 9.03.